The van der Waals surface area contributed by atoms with Crippen molar-refractivity contribution in [1.29, 1.82) is 0 Å². The molecule has 0 fully saturated rings. The van der Waals surface area contributed by atoms with Crippen molar-refractivity contribution in [2.75, 3.05) is 18.4 Å². The minimum Gasteiger partial charge on any atom is -0.508 e. The van der Waals surface area contributed by atoms with Crippen molar-refractivity contribution in [3.05, 3.63) is 54.4 Å². The van der Waals surface area contributed by atoms with Crippen molar-refractivity contribution >= 4 is 22.4 Å². The first-order valence-corrected chi connectivity index (χ1v) is 8.21. The van der Waals surface area contributed by atoms with E-state index in [1.165, 1.54) is 5.56 Å². The second kappa shape index (κ2) is 7.27. The fourth-order valence-corrected chi connectivity index (χ4v) is 2.69. The summed E-state index contributed by atoms with van der Waals surface area (Å²) < 4.78 is 0. The van der Waals surface area contributed by atoms with E-state index in [1.54, 1.807) is 18.5 Å². The van der Waals surface area contributed by atoms with Gasteiger partial charge in [-0.05, 0) is 55.1 Å². The molecule has 0 radical (unpaired) electrons. The van der Waals surface area contributed by atoms with E-state index in [1.807, 2.05) is 12.1 Å². The monoisotopic (exact) mass is 322 g/mol. The number of phenols is 1. The van der Waals surface area contributed by atoms with Crippen LogP contribution in [0.25, 0.3) is 10.9 Å². The van der Waals surface area contributed by atoms with Gasteiger partial charge in [-0.1, -0.05) is 19.9 Å². The maximum atomic E-state index is 9.38. The topological polar surface area (TPSA) is 61.3 Å². The number of fused-ring (bicyclic) bond motifs is 1. The number of hydrogen-bond donors (Lipinski definition) is 2. The first kappa shape index (κ1) is 16.2. The van der Waals surface area contributed by atoms with Crippen LogP contribution in [0.4, 0.5) is 11.5 Å². The molecule has 3 aromatic rings. The highest BCUT2D eigenvalue weighted by Crippen LogP contribution is 2.25. The van der Waals surface area contributed by atoms with Crippen LogP contribution in [0.15, 0.2) is 48.8 Å². The van der Waals surface area contributed by atoms with E-state index in [0.29, 0.717) is 0 Å². The van der Waals surface area contributed by atoms with Gasteiger partial charge in [-0.3, -0.25) is 4.90 Å². The predicted octanol–water partition coefficient (Wildman–Crippen LogP) is 3.92. The highest BCUT2D eigenvalue weighted by atomic mass is 16.3. The lowest BCUT2D eigenvalue weighted by molar-refractivity contribution is 0.296. The summed E-state index contributed by atoms with van der Waals surface area (Å²) in [5.41, 5.74) is 3.05. The number of aromatic nitrogens is 2. The average molecular weight is 322 g/mol. The van der Waals surface area contributed by atoms with Gasteiger partial charge in [0.1, 0.15) is 17.9 Å². The van der Waals surface area contributed by atoms with Crippen molar-refractivity contribution < 1.29 is 5.11 Å². The molecule has 0 bridgehead atoms. The number of rotatable bonds is 6. The van der Waals surface area contributed by atoms with E-state index in [2.05, 4.69) is 52.2 Å². The number of nitrogens with zero attached hydrogens (tertiary/aromatic N) is 3. The smallest absolute Gasteiger partial charge is 0.141 e. The molecule has 0 amide bonds. The van der Waals surface area contributed by atoms with Crippen LogP contribution in [0.3, 0.4) is 0 Å². The summed E-state index contributed by atoms with van der Waals surface area (Å²) in [5.74, 6) is 1.01. The maximum absolute atomic E-state index is 9.38. The predicted molar refractivity (Wildman–Crippen MR) is 97.6 cm³/mol. The number of benzene rings is 2. The molecule has 0 saturated carbocycles. The van der Waals surface area contributed by atoms with Gasteiger partial charge >= 0.3 is 0 Å². The first-order chi connectivity index (χ1) is 11.7. The van der Waals surface area contributed by atoms with Crippen LogP contribution < -0.4 is 5.32 Å². The van der Waals surface area contributed by atoms with Crippen LogP contribution in [0.1, 0.15) is 19.4 Å². The summed E-state index contributed by atoms with van der Waals surface area (Å²) in [6.07, 6.45) is 1.58. The fraction of sp³-hybridized carbons (Fsp3) is 0.263. The summed E-state index contributed by atoms with van der Waals surface area (Å²) in [6, 6.07) is 13.2. The maximum Gasteiger partial charge on any atom is 0.141 e. The Morgan fingerprint density at radius 1 is 1.00 bits per heavy atom. The van der Waals surface area contributed by atoms with Crippen molar-refractivity contribution in [3.8, 4) is 5.75 Å². The molecule has 0 atom stereocenters. The molecule has 0 aliphatic heterocycles. The van der Waals surface area contributed by atoms with E-state index in [9.17, 15) is 5.11 Å². The summed E-state index contributed by atoms with van der Waals surface area (Å²) >= 11 is 0. The molecule has 124 valence electrons. The fourth-order valence-electron chi connectivity index (χ4n) is 2.69. The lowest BCUT2D eigenvalue weighted by Gasteiger charge is -2.18. The molecule has 0 unspecified atom stereocenters. The Bertz CT molecular complexity index is 813. The van der Waals surface area contributed by atoms with Crippen LogP contribution in [0.5, 0.6) is 5.75 Å². The molecule has 1 aromatic heterocycles. The standard InChI is InChI=1S/C19H22N4O/c1-3-23(4-2)12-14-5-10-17-18(11-14)20-13-21-19(17)22-15-6-8-16(24)9-7-15/h5-11,13,24H,3-4,12H2,1-2H3,(H,20,21,22). The van der Waals surface area contributed by atoms with Gasteiger partial charge in [-0.25, -0.2) is 9.97 Å². The third-order valence-electron chi connectivity index (χ3n) is 4.13. The van der Waals surface area contributed by atoms with Crippen LogP contribution in [-0.4, -0.2) is 33.1 Å². The Labute approximate surface area is 142 Å². The van der Waals surface area contributed by atoms with Crippen molar-refractivity contribution in [3.63, 3.8) is 0 Å². The molecule has 3 rings (SSSR count). The molecule has 0 aliphatic rings. The summed E-state index contributed by atoms with van der Waals surface area (Å²) in [7, 11) is 0. The van der Waals surface area contributed by atoms with Gasteiger partial charge in [-0.15, -0.1) is 0 Å². The Morgan fingerprint density at radius 2 is 1.75 bits per heavy atom. The van der Waals surface area contributed by atoms with E-state index in [0.717, 1.165) is 42.0 Å². The van der Waals surface area contributed by atoms with Crippen molar-refractivity contribution in [2.24, 2.45) is 0 Å². The molecular weight excluding hydrogens is 300 g/mol. The van der Waals surface area contributed by atoms with E-state index < -0.39 is 0 Å². The van der Waals surface area contributed by atoms with Gasteiger partial charge in [0, 0.05) is 17.6 Å². The molecule has 2 N–H and O–H groups in total. The second-order valence-electron chi connectivity index (χ2n) is 5.71. The highest BCUT2D eigenvalue weighted by Gasteiger charge is 2.07. The number of nitrogens with one attached hydrogen (secondary N) is 1. The lowest BCUT2D eigenvalue weighted by atomic mass is 10.1. The Balaban J connectivity index is 1.88. The summed E-state index contributed by atoms with van der Waals surface area (Å²) in [5, 5.41) is 13.6. The Kier molecular flexibility index (Phi) is 4.91. The number of hydrogen-bond acceptors (Lipinski definition) is 5. The molecule has 2 aromatic carbocycles. The number of anilines is 2. The van der Waals surface area contributed by atoms with E-state index in [-0.39, 0.29) is 5.75 Å². The zero-order valence-corrected chi connectivity index (χ0v) is 14.0. The van der Waals surface area contributed by atoms with Crippen LogP contribution in [0, 0.1) is 0 Å². The Morgan fingerprint density at radius 3 is 2.46 bits per heavy atom. The van der Waals surface area contributed by atoms with Gasteiger partial charge in [0.05, 0.1) is 5.52 Å². The van der Waals surface area contributed by atoms with Gasteiger partial charge in [0.2, 0.25) is 0 Å². The molecular formula is C19H22N4O. The van der Waals surface area contributed by atoms with Crippen LogP contribution >= 0.6 is 0 Å². The quantitative estimate of drug-likeness (QED) is 0.674. The summed E-state index contributed by atoms with van der Waals surface area (Å²) in [4.78, 5) is 11.1. The first-order valence-electron chi connectivity index (χ1n) is 8.21. The van der Waals surface area contributed by atoms with Crippen LogP contribution in [0.2, 0.25) is 0 Å². The summed E-state index contributed by atoms with van der Waals surface area (Å²) in [6.45, 7) is 7.34. The van der Waals surface area contributed by atoms with E-state index >= 15 is 0 Å². The third-order valence-corrected chi connectivity index (χ3v) is 4.13. The highest BCUT2D eigenvalue weighted by molar-refractivity contribution is 5.90. The van der Waals surface area contributed by atoms with Gasteiger partial charge in [0.15, 0.2) is 0 Å². The largest absolute Gasteiger partial charge is 0.508 e. The zero-order valence-electron chi connectivity index (χ0n) is 14.0. The number of aromatic hydroxyl groups is 1. The average Bonchev–Trinajstić information content (AvgIpc) is 2.61. The van der Waals surface area contributed by atoms with Crippen LogP contribution in [-0.2, 0) is 6.54 Å². The normalized spacial score (nSPS) is 11.1. The minimum atomic E-state index is 0.245. The molecule has 1 heterocycles. The minimum absolute atomic E-state index is 0.245. The van der Waals surface area contributed by atoms with E-state index in [4.69, 9.17) is 0 Å². The molecule has 0 saturated heterocycles. The zero-order chi connectivity index (χ0) is 16.9. The molecule has 5 nitrogen and oxygen atoms in total. The number of phenolic OH excluding ortho intramolecular Hbond substituents is 1. The second-order valence-corrected chi connectivity index (χ2v) is 5.71. The van der Waals surface area contributed by atoms with Gasteiger partial charge < -0.3 is 10.4 Å². The molecule has 5 heteroatoms. The lowest BCUT2D eigenvalue weighted by Crippen LogP contribution is -2.22. The Hall–Kier alpha value is -2.66. The van der Waals surface area contributed by atoms with Crippen molar-refractivity contribution in [1.82, 2.24) is 14.9 Å². The van der Waals surface area contributed by atoms with Crippen molar-refractivity contribution in [2.45, 2.75) is 20.4 Å². The molecule has 24 heavy (non-hydrogen) atoms. The van der Waals surface area contributed by atoms with Gasteiger partial charge in [0.25, 0.3) is 0 Å². The third kappa shape index (κ3) is 3.63. The SMILES string of the molecule is CCN(CC)Cc1ccc2c(Nc3ccc(O)cc3)ncnc2c1. The molecule has 0 spiro atoms. The van der Waals surface area contributed by atoms with Gasteiger partial charge in [-0.2, -0.15) is 0 Å². The molecule has 0 aliphatic carbocycles.